The predicted octanol–water partition coefficient (Wildman–Crippen LogP) is 3.16. The summed E-state index contributed by atoms with van der Waals surface area (Å²) in [5.41, 5.74) is -1.54. The summed E-state index contributed by atoms with van der Waals surface area (Å²) < 4.78 is 39.0. The van der Waals surface area contributed by atoms with Gasteiger partial charge in [0.2, 0.25) is 0 Å². The van der Waals surface area contributed by atoms with E-state index in [1.165, 1.54) is 6.07 Å². The fourth-order valence-electron chi connectivity index (χ4n) is 4.79. The third kappa shape index (κ3) is 5.87. The number of carbonyl (C=O) groups excluding carboxylic acids is 1. The highest BCUT2D eigenvalue weighted by molar-refractivity contribution is 5.65. The summed E-state index contributed by atoms with van der Waals surface area (Å²) >= 11 is 0. The number of aldehydes is 1. The molecular weight excluding hydrogens is 413 g/mol. The Morgan fingerprint density at radius 3 is 2.71 bits per heavy atom. The molecule has 7 nitrogen and oxygen atoms in total. The number of hydrogen-bond acceptors (Lipinski definition) is 5. The molecule has 1 saturated heterocycles. The zero-order chi connectivity index (χ0) is 22.8. The van der Waals surface area contributed by atoms with Crippen molar-refractivity contribution >= 4 is 18.2 Å². The largest absolute Gasteiger partial charge is 0.465 e. The summed E-state index contributed by atoms with van der Waals surface area (Å²) in [5, 5.41) is 15.0. The highest BCUT2D eigenvalue weighted by Crippen LogP contribution is 2.40. The molecule has 1 aromatic rings. The van der Waals surface area contributed by atoms with E-state index in [1.807, 2.05) is 4.90 Å². The molecule has 1 aromatic heterocycles. The molecule has 31 heavy (non-hydrogen) atoms. The van der Waals surface area contributed by atoms with Gasteiger partial charge in [-0.15, -0.1) is 0 Å². The molecule has 0 radical (unpaired) electrons. The monoisotopic (exact) mass is 442 g/mol. The first kappa shape index (κ1) is 23.3. The van der Waals surface area contributed by atoms with E-state index in [2.05, 4.69) is 15.6 Å². The molecule has 1 amide bonds. The number of fused-ring (bicyclic) bond motifs is 1. The molecule has 2 heterocycles. The Labute approximate surface area is 179 Å². The molecule has 3 N–H and O–H groups in total. The number of alkyl halides is 3. The fourth-order valence-corrected chi connectivity index (χ4v) is 4.79. The average Bonchev–Trinajstić information content (AvgIpc) is 3.26. The van der Waals surface area contributed by atoms with Gasteiger partial charge in [0.15, 0.2) is 0 Å². The van der Waals surface area contributed by atoms with Crippen LogP contribution < -0.4 is 15.5 Å². The van der Waals surface area contributed by atoms with Gasteiger partial charge in [-0.3, -0.25) is 0 Å². The van der Waals surface area contributed by atoms with Crippen LogP contribution in [0.1, 0.15) is 38.8 Å². The maximum Gasteiger partial charge on any atom is 0.433 e. The van der Waals surface area contributed by atoms with Crippen molar-refractivity contribution < 1.29 is 27.9 Å². The first-order chi connectivity index (χ1) is 14.5. The topological polar surface area (TPSA) is 94.6 Å². The predicted molar refractivity (Wildman–Crippen MR) is 109 cm³/mol. The van der Waals surface area contributed by atoms with E-state index in [9.17, 15) is 22.8 Å². The van der Waals surface area contributed by atoms with E-state index < -0.39 is 29.4 Å². The Kier molecular flexibility index (Phi) is 6.78. The molecule has 4 atom stereocenters. The lowest BCUT2D eigenvalue weighted by Gasteiger charge is -2.28. The molecule has 0 bridgehead atoms. The number of carboxylic acid groups (broad SMARTS) is 1. The van der Waals surface area contributed by atoms with Crippen molar-refractivity contribution in [3.8, 4) is 0 Å². The molecule has 10 heteroatoms. The van der Waals surface area contributed by atoms with Gasteiger partial charge in [-0.05, 0) is 43.2 Å². The number of aromatic nitrogens is 1. The maximum atomic E-state index is 13.0. The quantitative estimate of drug-likeness (QED) is 0.536. The van der Waals surface area contributed by atoms with Crippen molar-refractivity contribution in [1.82, 2.24) is 15.6 Å². The van der Waals surface area contributed by atoms with E-state index in [-0.39, 0.29) is 12.0 Å². The van der Waals surface area contributed by atoms with Gasteiger partial charge in [0, 0.05) is 37.1 Å². The van der Waals surface area contributed by atoms with Crippen molar-refractivity contribution in [3.05, 3.63) is 23.9 Å². The van der Waals surface area contributed by atoms with E-state index >= 15 is 0 Å². The Balaban J connectivity index is 1.62. The molecule has 0 aromatic carbocycles. The van der Waals surface area contributed by atoms with Gasteiger partial charge in [0.1, 0.15) is 17.8 Å². The van der Waals surface area contributed by atoms with Crippen molar-refractivity contribution in [2.75, 3.05) is 24.5 Å². The average molecular weight is 442 g/mol. The number of nitrogens with zero attached hydrogens (tertiary/aromatic N) is 2. The van der Waals surface area contributed by atoms with Gasteiger partial charge in [-0.25, -0.2) is 9.78 Å². The zero-order valence-corrected chi connectivity index (χ0v) is 17.7. The third-order valence-corrected chi connectivity index (χ3v) is 6.25. The van der Waals surface area contributed by atoms with Gasteiger partial charge in [-0.2, -0.15) is 13.2 Å². The summed E-state index contributed by atoms with van der Waals surface area (Å²) in [6.07, 6.45) is -2.54. The Bertz CT molecular complexity index is 802. The highest BCUT2D eigenvalue weighted by atomic mass is 19.4. The summed E-state index contributed by atoms with van der Waals surface area (Å²) in [5.74, 6) is 0.938. The van der Waals surface area contributed by atoms with E-state index in [1.54, 1.807) is 19.9 Å². The standard InChI is InChI=1S/C21H29F3N4O3/c1-20(2,12-29)8-14(26-19(30)31)9-25-16-7-6-13-10-28(11-15(13)16)18-5-3-4-17(27-18)21(22,23)24/h3-5,12-16,25-26H,6-11H2,1-2H3,(H,30,31)/t13-,14?,15-,16+/m1/s1. The van der Waals surface area contributed by atoms with Crippen LogP contribution >= 0.6 is 0 Å². The number of halogens is 3. The van der Waals surface area contributed by atoms with Crippen LogP contribution in [0.4, 0.5) is 23.8 Å². The van der Waals surface area contributed by atoms with Crippen LogP contribution in [0.15, 0.2) is 18.2 Å². The van der Waals surface area contributed by atoms with Crippen LogP contribution in [0.25, 0.3) is 0 Å². The smallest absolute Gasteiger partial charge is 0.433 e. The number of nitrogens with one attached hydrogen (secondary N) is 2. The normalized spacial score (nSPS) is 24.7. The van der Waals surface area contributed by atoms with E-state index in [0.717, 1.165) is 25.2 Å². The second-order valence-electron chi connectivity index (χ2n) is 9.26. The molecule has 1 unspecified atom stereocenters. The van der Waals surface area contributed by atoms with Crippen molar-refractivity contribution in [1.29, 1.82) is 0 Å². The Hall–Kier alpha value is -2.36. The number of amides is 1. The summed E-state index contributed by atoms with van der Waals surface area (Å²) in [4.78, 5) is 28.1. The second-order valence-corrected chi connectivity index (χ2v) is 9.26. The van der Waals surface area contributed by atoms with Gasteiger partial charge in [0.05, 0.1) is 0 Å². The molecule has 172 valence electrons. The van der Waals surface area contributed by atoms with Gasteiger partial charge < -0.3 is 25.4 Å². The van der Waals surface area contributed by atoms with E-state index in [0.29, 0.717) is 37.8 Å². The number of rotatable bonds is 8. The number of pyridine rings is 1. The molecule has 1 saturated carbocycles. The second kappa shape index (κ2) is 9.02. The summed E-state index contributed by atoms with van der Waals surface area (Å²) in [6.45, 7) is 5.18. The summed E-state index contributed by atoms with van der Waals surface area (Å²) in [7, 11) is 0. The van der Waals surface area contributed by atoms with Gasteiger partial charge in [0.25, 0.3) is 0 Å². The lowest BCUT2D eigenvalue weighted by atomic mass is 9.87. The number of hydrogen-bond donors (Lipinski definition) is 3. The Morgan fingerprint density at radius 2 is 2.06 bits per heavy atom. The lowest BCUT2D eigenvalue weighted by Crippen LogP contribution is -2.48. The molecule has 2 fully saturated rings. The fraction of sp³-hybridized carbons (Fsp3) is 0.667. The maximum absolute atomic E-state index is 13.0. The van der Waals surface area contributed by atoms with Crippen LogP contribution in [0.2, 0.25) is 0 Å². The SMILES string of the molecule is CC(C)(C=O)CC(CN[C@H]1CC[C@@H]2CN(c3cccc(C(F)(F)F)n3)C[C@H]21)NC(=O)O. The van der Waals surface area contributed by atoms with Crippen LogP contribution in [0, 0.1) is 17.3 Å². The van der Waals surface area contributed by atoms with Crippen LogP contribution in [0.3, 0.4) is 0 Å². The highest BCUT2D eigenvalue weighted by Gasteiger charge is 2.43. The minimum absolute atomic E-state index is 0.137. The molecule has 3 rings (SSSR count). The number of anilines is 1. The first-order valence-electron chi connectivity index (χ1n) is 10.5. The van der Waals surface area contributed by atoms with E-state index in [4.69, 9.17) is 5.11 Å². The third-order valence-electron chi connectivity index (χ3n) is 6.25. The van der Waals surface area contributed by atoms with Crippen molar-refractivity contribution in [3.63, 3.8) is 0 Å². The van der Waals surface area contributed by atoms with Crippen LogP contribution in [0.5, 0.6) is 0 Å². The minimum atomic E-state index is -4.48. The molecule has 1 aliphatic carbocycles. The first-order valence-corrected chi connectivity index (χ1v) is 10.5. The van der Waals surface area contributed by atoms with Crippen LogP contribution in [-0.2, 0) is 11.0 Å². The lowest BCUT2D eigenvalue weighted by molar-refractivity contribution is -0.141. The molecular formula is C21H29F3N4O3. The molecule has 2 aliphatic rings. The van der Waals surface area contributed by atoms with Crippen molar-refractivity contribution in [2.24, 2.45) is 17.3 Å². The number of carbonyl (C=O) groups is 2. The zero-order valence-electron chi connectivity index (χ0n) is 17.7. The van der Waals surface area contributed by atoms with Crippen molar-refractivity contribution in [2.45, 2.75) is 51.4 Å². The molecule has 1 aliphatic heterocycles. The van der Waals surface area contributed by atoms with Gasteiger partial charge in [-0.1, -0.05) is 19.9 Å². The van der Waals surface area contributed by atoms with Gasteiger partial charge >= 0.3 is 12.3 Å². The molecule has 0 spiro atoms. The van der Waals surface area contributed by atoms with Crippen LogP contribution in [-0.4, -0.2) is 54.2 Å². The minimum Gasteiger partial charge on any atom is -0.465 e. The Morgan fingerprint density at radius 1 is 1.32 bits per heavy atom. The summed E-state index contributed by atoms with van der Waals surface area (Å²) in [6, 6.07) is 3.68.